The lowest BCUT2D eigenvalue weighted by Gasteiger charge is -2.32. The first-order valence-corrected chi connectivity index (χ1v) is 9.09. The average Bonchev–Trinajstić information content (AvgIpc) is 3.22. The van der Waals surface area contributed by atoms with E-state index in [1.54, 1.807) is 11.3 Å². The highest BCUT2D eigenvalue weighted by Gasteiger charge is 2.24. The van der Waals surface area contributed by atoms with Crippen LogP contribution in [0.2, 0.25) is 0 Å². The SMILES string of the molecule is CCc1cn[nH]c1[C@@H]1CCCN(Cc2cc(C#CCO)cs2)C1. The van der Waals surface area contributed by atoms with Crippen molar-refractivity contribution < 1.29 is 5.11 Å². The van der Waals surface area contributed by atoms with Crippen molar-refractivity contribution in [2.24, 2.45) is 0 Å². The van der Waals surface area contributed by atoms with Gasteiger partial charge in [0.15, 0.2) is 0 Å². The maximum absolute atomic E-state index is 8.77. The van der Waals surface area contributed by atoms with Crippen LogP contribution < -0.4 is 0 Å². The van der Waals surface area contributed by atoms with Crippen LogP contribution in [0.3, 0.4) is 0 Å². The topological polar surface area (TPSA) is 52.2 Å². The molecule has 2 aromatic heterocycles. The molecule has 0 amide bonds. The van der Waals surface area contributed by atoms with E-state index >= 15 is 0 Å². The highest BCUT2D eigenvalue weighted by Crippen LogP contribution is 2.29. The van der Waals surface area contributed by atoms with Gasteiger partial charge in [-0.3, -0.25) is 10.00 Å². The summed E-state index contributed by atoms with van der Waals surface area (Å²) >= 11 is 1.75. The smallest absolute Gasteiger partial charge is 0.104 e. The van der Waals surface area contributed by atoms with Crippen molar-refractivity contribution >= 4 is 11.3 Å². The molecule has 1 saturated heterocycles. The molecule has 1 aliphatic heterocycles. The molecule has 0 saturated carbocycles. The van der Waals surface area contributed by atoms with Gasteiger partial charge in [0.1, 0.15) is 6.61 Å². The first-order valence-electron chi connectivity index (χ1n) is 8.21. The Morgan fingerprint density at radius 2 is 2.43 bits per heavy atom. The zero-order chi connectivity index (χ0) is 16.1. The predicted octanol–water partition coefficient (Wildman–Crippen LogP) is 2.76. The summed E-state index contributed by atoms with van der Waals surface area (Å²) in [5.41, 5.74) is 3.70. The van der Waals surface area contributed by atoms with E-state index in [1.807, 2.05) is 6.20 Å². The van der Waals surface area contributed by atoms with Crippen LogP contribution in [0.1, 0.15) is 47.4 Å². The Balaban J connectivity index is 1.63. The molecule has 1 atom stereocenters. The lowest BCUT2D eigenvalue weighted by molar-refractivity contribution is 0.199. The fraction of sp³-hybridized carbons (Fsp3) is 0.500. The number of piperidine rings is 1. The van der Waals surface area contributed by atoms with Crippen LogP contribution in [0.4, 0.5) is 0 Å². The number of nitrogens with one attached hydrogen (secondary N) is 1. The number of aliphatic hydroxyl groups excluding tert-OH is 1. The Hall–Kier alpha value is -1.61. The monoisotopic (exact) mass is 329 g/mol. The van der Waals surface area contributed by atoms with Gasteiger partial charge in [-0.15, -0.1) is 11.3 Å². The van der Waals surface area contributed by atoms with Gasteiger partial charge >= 0.3 is 0 Å². The van der Waals surface area contributed by atoms with Gasteiger partial charge in [0, 0.05) is 40.5 Å². The minimum absolute atomic E-state index is 0.0804. The molecule has 0 aliphatic carbocycles. The van der Waals surface area contributed by atoms with E-state index in [4.69, 9.17) is 5.11 Å². The molecule has 0 unspecified atom stereocenters. The summed E-state index contributed by atoms with van der Waals surface area (Å²) < 4.78 is 0. The summed E-state index contributed by atoms with van der Waals surface area (Å²) in [6.45, 7) is 5.34. The van der Waals surface area contributed by atoms with Crippen LogP contribution in [-0.2, 0) is 13.0 Å². The van der Waals surface area contributed by atoms with Gasteiger partial charge < -0.3 is 5.11 Å². The fourth-order valence-corrected chi connectivity index (χ4v) is 4.14. The van der Waals surface area contributed by atoms with Crippen molar-refractivity contribution in [2.75, 3.05) is 19.7 Å². The summed E-state index contributed by atoms with van der Waals surface area (Å²) in [6.07, 6.45) is 5.48. The van der Waals surface area contributed by atoms with Crippen LogP contribution in [0, 0.1) is 11.8 Å². The van der Waals surface area contributed by atoms with E-state index in [1.165, 1.54) is 29.0 Å². The Morgan fingerprint density at radius 3 is 3.26 bits per heavy atom. The summed E-state index contributed by atoms with van der Waals surface area (Å²) in [6, 6.07) is 2.14. The van der Waals surface area contributed by atoms with Gasteiger partial charge in [-0.05, 0) is 37.4 Å². The van der Waals surface area contributed by atoms with E-state index in [-0.39, 0.29) is 6.61 Å². The second-order valence-electron chi connectivity index (χ2n) is 6.00. The van der Waals surface area contributed by atoms with Crippen LogP contribution in [0.25, 0.3) is 0 Å². The molecule has 0 spiro atoms. The average molecular weight is 329 g/mol. The molecule has 5 heteroatoms. The second-order valence-corrected chi connectivity index (χ2v) is 6.99. The highest BCUT2D eigenvalue weighted by atomic mass is 32.1. The summed E-state index contributed by atoms with van der Waals surface area (Å²) in [5.74, 6) is 6.25. The molecular weight excluding hydrogens is 306 g/mol. The van der Waals surface area contributed by atoms with Gasteiger partial charge in [0.25, 0.3) is 0 Å². The van der Waals surface area contributed by atoms with Gasteiger partial charge in [-0.25, -0.2) is 0 Å². The fourth-order valence-electron chi connectivity index (χ4n) is 3.28. The summed E-state index contributed by atoms with van der Waals surface area (Å²) in [5, 5.41) is 18.3. The predicted molar refractivity (Wildman–Crippen MR) is 93.5 cm³/mol. The van der Waals surface area contributed by atoms with Gasteiger partial charge in [0.2, 0.25) is 0 Å². The molecule has 23 heavy (non-hydrogen) atoms. The molecule has 0 bridgehead atoms. The first kappa shape index (κ1) is 16.3. The molecule has 2 aromatic rings. The third-order valence-electron chi connectivity index (χ3n) is 4.39. The van der Waals surface area contributed by atoms with Crippen molar-refractivity contribution in [3.63, 3.8) is 0 Å². The zero-order valence-electron chi connectivity index (χ0n) is 13.5. The number of aliphatic hydroxyl groups is 1. The standard InChI is InChI=1S/C18H23N3OS/c1-2-15-10-19-20-18(15)16-6-3-7-21(11-16)12-17-9-14(13-23-17)5-4-8-22/h9-10,13,16,22H,2-3,6-8,11-12H2,1H3,(H,19,20)/t16-/m1/s1. The largest absolute Gasteiger partial charge is 0.384 e. The van der Waals surface area contributed by atoms with Crippen LogP contribution in [0.15, 0.2) is 17.6 Å². The molecule has 122 valence electrons. The van der Waals surface area contributed by atoms with Crippen molar-refractivity contribution in [1.29, 1.82) is 0 Å². The normalized spacial score (nSPS) is 18.6. The molecule has 4 nitrogen and oxygen atoms in total. The third-order valence-corrected chi connectivity index (χ3v) is 5.31. The van der Waals surface area contributed by atoms with Gasteiger partial charge in [-0.1, -0.05) is 18.8 Å². The van der Waals surface area contributed by atoms with Gasteiger partial charge in [0.05, 0.1) is 6.20 Å². The van der Waals surface area contributed by atoms with E-state index in [0.29, 0.717) is 5.92 Å². The number of aryl methyl sites for hydroxylation is 1. The molecule has 3 heterocycles. The number of thiophene rings is 1. The number of hydrogen-bond acceptors (Lipinski definition) is 4. The molecule has 2 N–H and O–H groups in total. The number of aromatic amines is 1. The Morgan fingerprint density at radius 1 is 1.52 bits per heavy atom. The van der Waals surface area contributed by atoms with E-state index in [0.717, 1.165) is 31.6 Å². The Kier molecular flexibility index (Phi) is 5.50. The molecule has 0 aromatic carbocycles. The van der Waals surface area contributed by atoms with Crippen molar-refractivity contribution in [2.45, 2.75) is 38.6 Å². The van der Waals surface area contributed by atoms with Crippen LogP contribution >= 0.6 is 11.3 Å². The van der Waals surface area contributed by atoms with Crippen LogP contribution in [-0.4, -0.2) is 39.9 Å². The van der Waals surface area contributed by atoms with E-state index < -0.39 is 0 Å². The minimum Gasteiger partial charge on any atom is -0.384 e. The number of hydrogen-bond donors (Lipinski definition) is 2. The number of aromatic nitrogens is 2. The summed E-state index contributed by atoms with van der Waals surface area (Å²) in [4.78, 5) is 3.87. The van der Waals surface area contributed by atoms with Crippen LogP contribution in [0.5, 0.6) is 0 Å². The quantitative estimate of drug-likeness (QED) is 0.848. The molecule has 1 aliphatic rings. The molecule has 0 radical (unpaired) electrons. The van der Waals surface area contributed by atoms with Crippen molar-refractivity contribution in [3.05, 3.63) is 39.3 Å². The van der Waals surface area contributed by atoms with E-state index in [2.05, 4.69) is 45.3 Å². The lowest BCUT2D eigenvalue weighted by Crippen LogP contribution is -2.34. The van der Waals surface area contributed by atoms with Gasteiger partial charge in [-0.2, -0.15) is 5.10 Å². The first-order chi connectivity index (χ1) is 11.3. The highest BCUT2D eigenvalue weighted by molar-refractivity contribution is 7.10. The van der Waals surface area contributed by atoms with Crippen molar-refractivity contribution in [1.82, 2.24) is 15.1 Å². The number of nitrogens with zero attached hydrogens (tertiary/aromatic N) is 2. The minimum atomic E-state index is -0.0804. The Labute approximate surface area is 141 Å². The maximum Gasteiger partial charge on any atom is 0.104 e. The van der Waals surface area contributed by atoms with Crippen molar-refractivity contribution in [3.8, 4) is 11.8 Å². The maximum atomic E-state index is 8.77. The summed E-state index contributed by atoms with van der Waals surface area (Å²) in [7, 11) is 0. The zero-order valence-corrected chi connectivity index (χ0v) is 14.3. The molecular formula is C18H23N3OS. The number of H-pyrrole nitrogens is 1. The van der Waals surface area contributed by atoms with E-state index in [9.17, 15) is 0 Å². The molecule has 3 rings (SSSR count). The number of rotatable bonds is 4. The third kappa shape index (κ3) is 4.03. The molecule has 1 fully saturated rings. The Bertz CT molecular complexity index is 694. The lowest BCUT2D eigenvalue weighted by atomic mass is 9.92. The second kappa shape index (κ2) is 7.78. The number of likely N-dealkylation sites (tertiary alicyclic amines) is 1.